The van der Waals surface area contributed by atoms with E-state index in [1.165, 1.54) is 17.8 Å². The molecular weight excluding hydrogens is 401 g/mol. The maximum Gasteiger partial charge on any atom is 0.234 e. The SMILES string of the molecule is O=C(CSCc1ccc(Cl)cc1F)Nc1ccccc1Sc1ccccc1. The summed E-state index contributed by atoms with van der Waals surface area (Å²) < 4.78 is 13.8. The van der Waals surface area contributed by atoms with Crippen LogP contribution in [-0.4, -0.2) is 11.7 Å². The standard InChI is InChI=1S/C21H17ClFNOS2/c22-16-11-10-15(18(23)12-16)13-26-14-21(25)24-19-8-4-5-9-20(19)27-17-6-2-1-3-7-17/h1-12H,13-14H2,(H,24,25). The second kappa shape index (κ2) is 9.83. The van der Waals surface area contributed by atoms with E-state index in [9.17, 15) is 9.18 Å². The van der Waals surface area contributed by atoms with Crippen LogP contribution in [0.25, 0.3) is 0 Å². The Morgan fingerprint density at radius 2 is 1.74 bits per heavy atom. The van der Waals surface area contributed by atoms with E-state index in [2.05, 4.69) is 5.32 Å². The highest BCUT2D eigenvalue weighted by atomic mass is 35.5. The average molecular weight is 418 g/mol. The van der Waals surface area contributed by atoms with Gasteiger partial charge >= 0.3 is 0 Å². The third kappa shape index (κ3) is 6.03. The third-order valence-corrected chi connectivity index (χ3v) is 5.94. The number of nitrogens with one attached hydrogen (secondary N) is 1. The number of thioether (sulfide) groups is 1. The summed E-state index contributed by atoms with van der Waals surface area (Å²) in [7, 11) is 0. The van der Waals surface area contributed by atoms with Crippen molar-refractivity contribution in [3.05, 3.63) is 89.2 Å². The van der Waals surface area contributed by atoms with Gasteiger partial charge in [-0.2, -0.15) is 0 Å². The minimum absolute atomic E-state index is 0.115. The monoisotopic (exact) mass is 417 g/mol. The predicted molar refractivity (Wildman–Crippen MR) is 113 cm³/mol. The smallest absolute Gasteiger partial charge is 0.234 e. The first-order chi connectivity index (χ1) is 13.1. The molecule has 0 bridgehead atoms. The summed E-state index contributed by atoms with van der Waals surface area (Å²) in [6.07, 6.45) is 0. The Morgan fingerprint density at radius 1 is 1.00 bits per heavy atom. The fraction of sp³-hybridized carbons (Fsp3) is 0.0952. The van der Waals surface area contributed by atoms with Crippen molar-refractivity contribution in [1.29, 1.82) is 0 Å². The lowest BCUT2D eigenvalue weighted by molar-refractivity contribution is -0.113. The summed E-state index contributed by atoms with van der Waals surface area (Å²) >= 11 is 8.71. The quantitative estimate of drug-likeness (QED) is 0.475. The molecule has 0 aliphatic heterocycles. The van der Waals surface area contributed by atoms with Crippen LogP contribution in [0.2, 0.25) is 5.02 Å². The summed E-state index contributed by atoms with van der Waals surface area (Å²) in [6.45, 7) is 0. The van der Waals surface area contributed by atoms with E-state index in [0.717, 1.165) is 15.5 Å². The normalized spacial score (nSPS) is 10.6. The molecular formula is C21H17ClFNOS2. The summed E-state index contributed by atoms with van der Waals surface area (Å²) in [5.74, 6) is 0.193. The molecule has 2 nitrogen and oxygen atoms in total. The summed E-state index contributed by atoms with van der Waals surface area (Å²) in [5, 5.41) is 3.31. The van der Waals surface area contributed by atoms with E-state index in [0.29, 0.717) is 16.3 Å². The van der Waals surface area contributed by atoms with Crippen LogP contribution >= 0.6 is 35.1 Å². The molecule has 0 radical (unpaired) electrons. The van der Waals surface area contributed by atoms with Gasteiger partial charge in [0.25, 0.3) is 0 Å². The van der Waals surface area contributed by atoms with E-state index in [4.69, 9.17) is 11.6 Å². The van der Waals surface area contributed by atoms with Gasteiger partial charge in [-0.1, -0.05) is 59.8 Å². The topological polar surface area (TPSA) is 29.1 Å². The van der Waals surface area contributed by atoms with Crippen LogP contribution in [0.5, 0.6) is 0 Å². The molecule has 3 aromatic rings. The molecule has 0 saturated carbocycles. The molecule has 0 spiro atoms. The van der Waals surface area contributed by atoms with Crippen LogP contribution in [0.15, 0.2) is 82.6 Å². The summed E-state index contributed by atoms with van der Waals surface area (Å²) in [5.41, 5.74) is 1.31. The van der Waals surface area contributed by atoms with Gasteiger partial charge < -0.3 is 5.32 Å². The lowest BCUT2D eigenvalue weighted by Crippen LogP contribution is -2.14. The lowest BCUT2D eigenvalue weighted by Gasteiger charge is -2.11. The van der Waals surface area contributed by atoms with Gasteiger partial charge in [-0.3, -0.25) is 4.79 Å². The van der Waals surface area contributed by atoms with Crippen LogP contribution in [0.3, 0.4) is 0 Å². The molecule has 138 valence electrons. The highest BCUT2D eigenvalue weighted by molar-refractivity contribution is 7.99. The molecule has 0 unspecified atom stereocenters. The van der Waals surface area contributed by atoms with Crippen molar-refractivity contribution in [2.24, 2.45) is 0 Å². The van der Waals surface area contributed by atoms with Crippen molar-refractivity contribution in [1.82, 2.24) is 0 Å². The Balaban J connectivity index is 1.56. The lowest BCUT2D eigenvalue weighted by atomic mass is 10.2. The van der Waals surface area contributed by atoms with Gasteiger partial charge in [-0.25, -0.2) is 4.39 Å². The minimum atomic E-state index is -0.347. The number of amides is 1. The van der Waals surface area contributed by atoms with Gasteiger partial charge in [0, 0.05) is 20.6 Å². The van der Waals surface area contributed by atoms with Crippen LogP contribution < -0.4 is 5.32 Å². The maximum atomic E-state index is 13.8. The molecule has 3 rings (SSSR count). The zero-order valence-corrected chi connectivity index (χ0v) is 16.7. The largest absolute Gasteiger partial charge is 0.324 e. The Morgan fingerprint density at radius 3 is 2.52 bits per heavy atom. The molecule has 0 aromatic heterocycles. The molecule has 0 aliphatic carbocycles. The number of benzene rings is 3. The Bertz CT molecular complexity index is 921. The van der Waals surface area contributed by atoms with E-state index < -0.39 is 0 Å². The van der Waals surface area contributed by atoms with Gasteiger partial charge in [0.2, 0.25) is 5.91 Å². The Kier molecular flexibility index (Phi) is 7.21. The van der Waals surface area contributed by atoms with Crippen LogP contribution in [-0.2, 0) is 10.5 Å². The third-order valence-electron chi connectivity index (χ3n) is 3.64. The molecule has 1 N–H and O–H groups in total. The summed E-state index contributed by atoms with van der Waals surface area (Å²) in [4.78, 5) is 14.4. The number of carbonyl (C=O) groups is 1. The van der Waals surface area contributed by atoms with Gasteiger partial charge in [0.1, 0.15) is 5.82 Å². The van der Waals surface area contributed by atoms with Gasteiger partial charge in [0.05, 0.1) is 11.4 Å². The number of carbonyl (C=O) groups excluding carboxylic acids is 1. The number of hydrogen-bond donors (Lipinski definition) is 1. The number of anilines is 1. The molecule has 0 atom stereocenters. The van der Waals surface area contributed by atoms with Crippen molar-refractivity contribution < 1.29 is 9.18 Å². The molecule has 3 aromatic carbocycles. The van der Waals surface area contributed by atoms with Crippen molar-refractivity contribution in [3.63, 3.8) is 0 Å². The van der Waals surface area contributed by atoms with Crippen LogP contribution in [0, 0.1) is 5.82 Å². The zero-order chi connectivity index (χ0) is 19.1. The Labute approximate surface area is 171 Å². The first-order valence-corrected chi connectivity index (χ1v) is 10.6. The number of halogens is 2. The Hall–Kier alpha value is -1.95. The van der Waals surface area contributed by atoms with E-state index in [-0.39, 0.29) is 17.5 Å². The van der Waals surface area contributed by atoms with Gasteiger partial charge in [-0.15, -0.1) is 11.8 Å². The second-order valence-corrected chi connectivity index (χ2v) is 8.23. The number of hydrogen-bond acceptors (Lipinski definition) is 3. The minimum Gasteiger partial charge on any atom is -0.324 e. The maximum absolute atomic E-state index is 13.8. The predicted octanol–water partition coefficient (Wildman–Crippen LogP) is 6.50. The van der Waals surface area contributed by atoms with Gasteiger partial charge in [-0.05, 0) is 42.0 Å². The number of rotatable bonds is 7. The first kappa shape index (κ1) is 19.8. The number of para-hydroxylation sites is 1. The molecule has 0 aliphatic rings. The summed E-state index contributed by atoms with van der Waals surface area (Å²) in [6, 6.07) is 22.3. The molecule has 6 heteroatoms. The molecule has 1 amide bonds. The van der Waals surface area contributed by atoms with E-state index >= 15 is 0 Å². The van der Waals surface area contributed by atoms with E-state index in [1.54, 1.807) is 23.9 Å². The fourth-order valence-corrected chi connectivity index (χ4v) is 4.25. The van der Waals surface area contributed by atoms with E-state index in [1.807, 2.05) is 54.6 Å². The molecule has 0 heterocycles. The molecule has 0 fully saturated rings. The molecule has 27 heavy (non-hydrogen) atoms. The van der Waals surface area contributed by atoms with Crippen molar-refractivity contribution in [3.8, 4) is 0 Å². The van der Waals surface area contributed by atoms with Crippen molar-refractivity contribution >= 4 is 46.7 Å². The highest BCUT2D eigenvalue weighted by Crippen LogP contribution is 2.33. The van der Waals surface area contributed by atoms with Crippen LogP contribution in [0.1, 0.15) is 5.56 Å². The van der Waals surface area contributed by atoms with Crippen molar-refractivity contribution in [2.75, 3.05) is 11.1 Å². The first-order valence-electron chi connectivity index (χ1n) is 8.25. The fourth-order valence-electron chi connectivity index (χ4n) is 2.35. The molecule has 0 saturated heterocycles. The second-order valence-electron chi connectivity index (χ2n) is 5.69. The highest BCUT2D eigenvalue weighted by Gasteiger charge is 2.09. The van der Waals surface area contributed by atoms with Gasteiger partial charge in [0.15, 0.2) is 0 Å². The average Bonchev–Trinajstić information content (AvgIpc) is 2.66. The zero-order valence-electron chi connectivity index (χ0n) is 14.3. The van der Waals surface area contributed by atoms with Crippen LogP contribution in [0.4, 0.5) is 10.1 Å². The van der Waals surface area contributed by atoms with Crippen molar-refractivity contribution in [2.45, 2.75) is 15.5 Å².